The summed E-state index contributed by atoms with van der Waals surface area (Å²) in [7, 11) is 0. The molecule has 2 N–H and O–H groups in total. The summed E-state index contributed by atoms with van der Waals surface area (Å²) in [4.78, 5) is 55.4. The largest absolute Gasteiger partial charge is 0.348 e. The van der Waals surface area contributed by atoms with E-state index in [1.54, 1.807) is 0 Å². The molecule has 0 saturated carbocycles. The summed E-state index contributed by atoms with van der Waals surface area (Å²) in [6.07, 6.45) is 1.78. The van der Waals surface area contributed by atoms with Crippen molar-refractivity contribution < 1.29 is 9.47 Å². The van der Waals surface area contributed by atoms with Crippen molar-refractivity contribution in [3.05, 3.63) is 134 Å². The molecule has 2 heterocycles. The van der Waals surface area contributed by atoms with Gasteiger partial charge in [-0.25, -0.2) is 9.59 Å². The molecular weight excluding hydrogens is 608 g/mol. The number of nitrogens with zero attached hydrogens (tertiary/aromatic N) is 2. The van der Waals surface area contributed by atoms with Crippen LogP contribution in [0.3, 0.4) is 0 Å². The van der Waals surface area contributed by atoms with Crippen molar-refractivity contribution in [2.24, 2.45) is 0 Å². The fourth-order valence-electron chi connectivity index (χ4n) is 5.99. The highest BCUT2D eigenvalue weighted by Gasteiger charge is 2.16. The SMILES string of the molecule is CCc1c(Cc2cc(C)cc(C)c2)n(COCC#CC#CCOCn2c(Cc3cc(C)cc(C)c3)c(CC)c(=O)[nH]c2=O)c(=O)[nH]c1=O. The zero-order chi connectivity index (χ0) is 34.8. The van der Waals surface area contributed by atoms with E-state index in [1.165, 1.54) is 9.13 Å². The molecular formula is C38H42N4O6. The first-order valence-corrected chi connectivity index (χ1v) is 16.0. The average molecular weight is 651 g/mol. The third kappa shape index (κ3) is 9.22. The van der Waals surface area contributed by atoms with Crippen LogP contribution in [0.1, 0.15) is 69.7 Å². The predicted octanol–water partition coefficient (Wildman–Crippen LogP) is 3.58. The highest BCUT2D eigenvalue weighted by molar-refractivity contribution is 5.34. The van der Waals surface area contributed by atoms with Crippen molar-refractivity contribution in [1.29, 1.82) is 0 Å². The Morgan fingerprint density at radius 3 is 1.27 bits per heavy atom. The summed E-state index contributed by atoms with van der Waals surface area (Å²) in [6, 6.07) is 12.3. The number of aromatic nitrogens is 4. The molecule has 10 heteroatoms. The normalized spacial score (nSPS) is 10.7. The van der Waals surface area contributed by atoms with Gasteiger partial charge < -0.3 is 9.47 Å². The second kappa shape index (κ2) is 16.6. The Balaban J connectivity index is 1.38. The van der Waals surface area contributed by atoms with Gasteiger partial charge in [0.1, 0.15) is 26.7 Å². The number of rotatable bonds is 12. The standard InChI is InChI=1S/C38H42N4O6/c1-7-31-33(21-29-17-25(3)15-26(4)18-29)41(37(45)39-35(31)43)23-47-13-11-9-10-12-14-48-24-42-34(32(8-2)36(44)40-38(42)46)22-30-19-27(5)16-28(6)20-30/h15-20H,7-8,13-14,21-24H2,1-6H3,(H,39,43,45)(H,40,44,46). The molecule has 10 nitrogen and oxygen atoms in total. The highest BCUT2D eigenvalue weighted by atomic mass is 16.5. The van der Waals surface area contributed by atoms with E-state index in [0.717, 1.165) is 33.4 Å². The zero-order valence-electron chi connectivity index (χ0n) is 28.5. The van der Waals surface area contributed by atoms with Gasteiger partial charge in [0, 0.05) is 35.4 Å². The molecule has 4 rings (SSSR count). The van der Waals surface area contributed by atoms with E-state index in [0.29, 0.717) is 48.2 Å². The number of H-pyrrole nitrogens is 2. The van der Waals surface area contributed by atoms with Gasteiger partial charge in [-0.3, -0.25) is 28.7 Å². The lowest BCUT2D eigenvalue weighted by molar-refractivity contribution is 0.0977. The van der Waals surface area contributed by atoms with Gasteiger partial charge in [0.15, 0.2) is 0 Å². The molecule has 0 aliphatic rings. The Labute approximate surface area is 279 Å². The van der Waals surface area contributed by atoms with Crippen LogP contribution in [0.4, 0.5) is 0 Å². The lowest BCUT2D eigenvalue weighted by Gasteiger charge is -2.16. The molecule has 2 aromatic carbocycles. The maximum atomic E-state index is 12.8. The minimum Gasteiger partial charge on any atom is -0.348 e. The number of aryl methyl sites for hydroxylation is 4. The van der Waals surface area contributed by atoms with Crippen LogP contribution in [-0.4, -0.2) is 32.3 Å². The van der Waals surface area contributed by atoms with E-state index in [4.69, 9.17) is 9.47 Å². The van der Waals surface area contributed by atoms with Crippen molar-refractivity contribution in [3.8, 4) is 23.7 Å². The van der Waals surface area contributed by atoms with E-state index in [2.05, 4.69) is 45.8 Å². The summed E-state index contributed by atoms with van der Waals surface area (Å²) in [5, 5.41) is 0. The third-order valence-electron chi connectivity index (χ3n) is 7.87. The number of benzene rings is 2. The van der Waals surface area contributed by atoms with Crippen LogP contribution >= 0.6 is 0 Å². The number of nitrogens with one attached hydrogen (secondary N) is 2. The van der Waals surface area contributed by atoms with Gasteiger partial charge in [0.2, 0.25) is 0 Å². The molecule has 0 amide bonds. The maximum Gasteiger partial charge on any atom is 0.330 e. The van der Waals surface area contributed by atoms with E-state index in [1.807, 2.05) is 65.8 Å². The zero-order valence-corrected chi connectivity index (χ0v) is 28.5. The summed E-state index contributed by atoms with van der Waals surface area (Å²) in [5.41, 5.74) is 6.91. The van der Waals surface area contributed by atoms with Gasteiger partial charge in [-0.2, -0.15) is 0 Å². The van der Waals surface area contributed by atoms with Crippen LogP contribution < -0.4 is 22.5 Å². The molecule has 0 bridgehead atoms. The summed E-state index contributed by atoms with van der Waals surface area (Å²) in [6.45, 7) is 11.7. The second-order valence-corrected chi connectivity index (χ2v) is 11.8. The fourth-order valence-corrected chi connectivity index (χ4v) is 5.99. The van der Waals surface area contributed by atoms with E-state index < -0.39 is 11.4 Å². The minimum atomic E-state index is -0.536. The minimum absolute atomic E-state index is 0.0138. The molecule has 0 saturated heterocycles. The monoisotopic (exact) mass is 650 g/mol. The third-order valence-corrected chi connectivity index (χ3v) is 7.87. The predicted molar refractivity (Wildman–Crippen MR) is 186 cm³/mol. The van der Waals surface area contributed by atoms with Crippen molar-refractivity contribution in [2.45, 2.75) is 80.7 Å². The van der Waals surface area contributed by atoms with Crippen LogP contribution in [0.2, 0.25) is 0 Å². The highest BCUT2D eigenvalue weighted by Crippen LogP contribution is 2.17. The Kier molecular flexibility index (Phi) is 12.3. The van der Waals surface area contributed by atoms with E-state index >= 15 is 0 Å². The molecule has 0 radical (unpaired) electrons. The first kappa shape index (κ1) is 35.7. The topological polar surface area (TPSA) is 128 Å². The summed E-state index contributed by atoms with van der Waals surface area (Å²) >= 11 is 0. The van der Waals surface area contributed by atoms with E-state index in [-0.39, 0.29) is 37.8 Å². The smallest absolute Gasteiger partial charge is 0.330 e. The molecule has 48 heavy (non-hydrogen) atoms. The lowest BCUT2D eigenvalue weighted by atomic mass is 10.0. The molecule has 4 aromatic rings. The first-order chi connectivity index (χ1) is 23.0. The Hall–Kier alpha value is -5.16. The van der Waals surface area contributed by atoms with Crippen molar-refractivity contribution in [1.82, 2.24) is 19.1 Å². The molecule has 0 fully saturated rings. The van der Waals surface area contributed by atoms with Gasteiger partial charge in [0.25, 0.3) is 11.1 Å². The number of hydrogen-bond acceptors (Lipinski definition) is 6. The Bertz CT molecular complexity index is 1970. The fraction of sp³-hybridized carbons (Fsp3) is 0.368. The number of ether oxygens (including phenoxy) is 2. The van der Waals surface area contributed by atoms with Gasteiger partial charge in [-0.05, 0) is 63.5 Å². The van der Waals surface area contributed by atoms with Crippen LogP contribution in [-0.2, 0) is 48.6 Å². The Morgan fingerprint density at radius 1 is 0.583 bits per heavy atom. The van der Waals surface area contributed by atoms with Crippen LogP contribution in [0.15, 0.2) is 55.6 Å². The number of hydrogen-bond donors (Lipinski definition) is 2. The Morgan fingerprint density at radius 2 is 0.938 bits per heavy atom. The molecule has 250 valence electrons. The van der Waals surface area contributed by atoms with Crippen molar-refractivity contribution in [2.75, 3.05) is 13.2 Å². The first-order valence-electron chi connectivity index (χ1n) is 16.0. The average Bonchev–Trinajstić information content (AvgIpc) is 2.99. The second-order valence-electron chi connectivity index (χ2n) is 11.8. The van der Waals surface area contributed by atoms with E-state index in [9.17, 15) is 19.2 Å². The van der Waals surface area contributed by atoms with Crippen molar-refractivity contribution >= 4 is 0 Å². The summed E-state index contributed by atoms with van der Waals surface area (Å²) in [5.74, 6) is 11.0. The quantitative estimate of drug-likeness (QED) is 0.178. The van der Waals surface area contributed by atoms with Crippen LogP contribution in [0.5, 0.6) is 0 Å². The lowest BCUT2D eigenvalue weighted by Crippen LogP contribution is -2.36. The van der Waals surface area contributed by atoms with Gasteiger partial charge in [-0.15, -0.1) is 0 Å². The maximum absolute atomic E-state index is 12.8. The molecule has 0 atom stereocenters. The van der Waals surface area contributed by atoms with Gasteiger partial charge in [-0.1, -0.05) is 84.3 Å². The molecule has 0 unspecified atom stereocenters. The number of aromatic amines is 2. The van der Waals surface area contributed by atoms with Gasteiger partial charge >= 0.3 is 11.4 Å². The van der Waals surface area contributed by atoms with Gasteiger partial charge in [0.05, 0.1) is 0 Å². The molecule has 2 aromatic heterocycles. The van der Waals surface area contributed by atoms with Crippen LogP contribution in [0, 0.1) is 51.4 Å². The summed E-state index contributed by atoms with van der Waals surface area (Å²) < 4.78 is 14.2. The molecule has 0 spiro atoms. The van der Waals surface area contributed by atoms with Crippen molar-refractivity contribution in [3.63, 3.8) is 0 Å². The molecule has 0 aliphatic heterocycles. The molecule has 0 aliphatic carbocycles. The van der Waals surface area contributed by atoms with Crippen LogP contribution in [0.25, 0.3) is 0 Å².